The Morgan fingerprint density at radius 2 is 2.00 bits per heavy atom. The van der Waals surface area contributed by atoms with Crippen LogP contribution in [0.3, 0.4) is 0 Å². The van der Waals surface area contributed by atoms with E-state index in [4.69, 9.17) is 15.5 Å². The van der Waals surface area contributed by atoms with E-state index < -0.39 is 0 Å². The number of anilines is 1. The highest BCUT2D eigenvalue weighted by Crippen LogP contribution is 2.29. The molecule has 9 nitrogen and oxygen atoms in total. The molecule has 0 spiro atoms. The Bertz CT molecular complexity index is 1320. The number of nitrogens with zero attached hydrogens (tertiary/aromatic N) is 3. The molecule has 0 bridgehead atoms. The van der Waals surface area contributed by atoms with Gasteiger partial charge in [-0.15, -0.1) is 0 Å². The summed E-state index contributed by atoms with van der Waals surface area (Å²) in [6.45, 7) is 3.26. The molecule has 1 amide bonds. The van der Waals surface area contributed by atoms with Crippen LogP contribution in [0.25, 0.3) is 33.5 Å². The Balaban J connectivity index is 1.30. The number of benzene rings is 2. The van der Waals surface area contributed by atoms with Crippen LogP contribution in [0.4, 0.5) is 5.69 Å². The lowest BCUT2D eigenvalue weighted by atomic mass is 10.1. The molecule has 0 unspecified atom stereocenters. The third kappa shape index (κ3) is 3.83. The summed E-state index contributed by atoms with van der Waals surface area (Å²) in [5.41, 5.74) is 11.1. The number of amides is 1. The topological polar surface area (TPSA) is 125 Å². The summed E-state index contributed by atoms with van der Waals surface area (Å²) < 4.78 is 5.46. The van der Waals surface area contributed by atoms with Crippen LogP contribution in [0, 0.1) is 0 Å². The molecule has 2 aliphatic rings. The Morgan fingerprint density at radius 1 is 1.12 bits per heavy atom. The minimum Gasteiger partial charge on any atom is -0.378 e. The predicted molar refractivity (Wildman–Crippen MR) is 127 cm³/mol. The first-order chi connectivity index (χ1) is 16.1. The Labute approximate surface area is 190 Å². The number of ether oxygens (including phenoxy) is 1. The fourth-order valence-corrected chi connectivity index (χ4v) is 4.88. The molecule has 2 atom stereocenters. The SMILES string of the molecule is N[C@@H]1CC[C@H](NC(=O)c2ccc3[nH]nc(-c4nc5ccc(N6CCOCC6)cc5[nH]4)c3c2)C1. The van der Waals surface area contributed by atoms with E-state index in [0.29, 0.717) is 17.1 Å². The molecular weight excluding hydrogens is 418 g/mol. The second-order valence-corrected chi connectivity index (χ2v) is 8.96. The van der Waals surface area contributed by atoms with Gasteiger partial charge in [-0.25, -0.2) is 4.98 Å². The monoisotopic (exact) mass is 445 g/mol. The lowest BCUT2D eigenvalue weighted by Gasteiger charge is -2.28. The molecule has 3 heterocycles. The Hall–Kier alpha value is -3.43. The lowest BCUT2D eigenvalue weighted by Crippen LogP contribution is -2.36. The average molecular weight is 446 g/mol. The molecule has 5 N–H and O–H groups in total. The molecule has 33 heavy (non-hydrogen) atoms. The first-order valence-electron chi connectivity index (χ1n) is 11.5. The largest absolute Gasteiger partial charge is 0.378 e. The number of hydrogen-bond donors (Lipinski definition) is 4. The summed E-state index contributed by atoms with van der Waals surface area (Å²) in [7, 11) is 0. The van der Waals surface area contributed by atoms with Gasteiger partial charge in [-0.2, -0.15) is 5.10 Å². The number of carbonyl (C=O) groups is 1. The van der Waals surface area contributed by atoms with Crippen molar-refractivity contribution >= 4 is 33.5 Å². The fourth-order valence-electron chi connectivity index (χ4n) is 4.88. The second kappa shape index (κ2) is 8.17. The Kier molecular flexibility index (Phi) is 5.00. The predicted octanol–water partition coefficient (Wildman–Crippen LogP) is 2.55. The molecule has 1 saturated heterocycles. The van der Waals surface area contributed by atoms with E-state index >= 15 is 0 Å². The van der Waals surface area contributed by atoms with Crippen LogP contribution in [-0.2, 0) is 4.74 Å². The van der Waals surface area contributed by atoms with E-state index in [1.165, 1.54) is 0 Å². The molecular formula is C24H27N7O2. The average Bonchev–Trinajstić information content (AvgIpc) is 3.56. The van der Waals surface area contributed by atoms with E-state index in [9.17, 15) is 4.79 Å². The number of imidazole rings is 1. The van der Waals surface area contributed by atoms with Gasteiger partial charge in [-0.05, 0) is 55.7 Å². The van der Waals surface area contributed by atoms with Crippen LogP contribution in [-0.4, -0.2) is 64.5 Å². The number of rotatable bonds is 4. The number of fused-ring (bicyclic) bond motifs is 2. The second-order valence-electron chi connectivity index (χ2n) is 8.96. The zero-order valence-electron chi connectivity index (χ0n) is 18.3. The highest BCUT2D eigenvalue weighted by molar-refractivity contribution is 6.01. The minimum absolute atomic E-state index is 0.0806. The number of aromatic nitrogens is 4. The van der Waals surface area contributed by atoms with Crippen LogP contribution >= 0.6 is 0 Å². The van der Waals surface area contributed by atoms with Gasteiger partial charge in [0.05, 0.1) is 29.8 Å². The molecule has 2 fully saturated rings. The minimum atomic E-state index is -0.0806. The maximum atomic E-state index is 12.8. The summed E-state index contributed by atoms with van der Waals surface area (Å²) in [5, 5.41) is 11.5. The van der Waals surface area contributed by atoms with Crippen molar-refractivity contribution in [1.82, 2.24) is 25.5 Å². The van der Waals surface area contributed by atoms with Crippen molar-refractivity contribution in [3.05, 3.63) is 42.0 Å². The molecule has 6 rings (SSSR count). The molecule has 1 aliphatic heterocycles. The smallest absolute Gasteiger partial charge is 0.251 e. The summed E-state index contributed by atoms with van der Waals surface area (Å²) in [6.07, 6.45) is 2.71. The van der Waals surface area contributed by atoms with Crippen LogP contribution in [0.2, 0.25) is 0 Å². The molecule has 9 heteroatoms. The maximum Gasteiger partial charge on any atom is 0.251 e. The standard InChI is InChI=1S/C24H27N7O2/c25-15-2-3-16(12-15)26-24(32)14-1-5-19-18(11-14)22(30-29-19)23-27-20-6-4-17(13-21(20)28-23)31-7-9-33-10-8-31/h1,4-6,11,13,15-16H,2-3,7-10,12,25H2,(H,26,32)(H,27,28)(H,29,30)/t15-,16+/m1/s1. The number of hydrogen-bond acceptors (Lipinski definition) is 6. The zero-order valence-corrected chi connectivity index (χ0v) is 18.3. The van der Waals surface area contributed by atoms with Gasteiger partial charge >= 0.3 is 0 Å². The summed E-state index contributed by atoms with van der Waals surface area (Å²) in [5.74, 6) is 0.595. The van der Waals surface area contributed by atoms with Crippen LogP contribution < -0.4 is 16.0 Å². The van der Waals surface area contributed by atoms with Crippen molar-refractivity contribution in [1.29, 1.82) is 0 Å². The van der Waals surface area contributed by atoms with Gasteiger partial charge in [0.1, 0.15) is 5.69 Å². The number of nitrogens with two attached hydrogens (primary N) is 1. The third-order valence-electron chi connectivity index (χ3n) is 6.70. The number of aromatic amines is 2. The van der Waals surface area contributed by atoms with Crippen molar-refractivity contribution in [3.8, 4) is 11.5 Å². The van der Waals surface area contributed by atoms with Gasteiger partial charge in [-0.1, -0.05) is 0 Å². The first kappa shape index (κ1) is 20.2. The number of nitrogens with one attached hydrogen (secondary N) is 3. The normalized spacial score (nSPS) is 21.2. The van der Waals surface area contributed by atoms with Gasteiger partial charge in [0.25, 0.3) is 5.91 Å². The van der Waals surface area contributed by atoms with E-state index in [-0.39, 0.29) is 18.0 Å². The van der Waals surface area contributed by atoms with Crippen molar-refractivity contribution in [2.24, 2.45) is 5.73 Å². The van der Waals surface area contributed by atoms with Crippen molar-refractivity contribution < 1.29 is 9.53 Å². The Morgan fingerprint density at radius 3 is 2.82 bits per heavy atom. The maximum absolute atomic E-state index is 12.8. The van der Waals surface area contributed by atoms with Crippen LogP contribution in [0.1, 0.15) is 29.6 Å². The molecule has 1 saturated carbocycles. The van der Waals surface area contributed by atoms with Gasteiger partial charge in [0, 0.05) is 41.8 Å². The highest BCUT2D eigenvalue weighted by Gasteiger charge is 2.24. The third-order valence-corrected chi connectivity index (χ3v) is 6.70. The molecule has 4 aromatic rings. The van der Waals surface area contributed by atoms with Gasteiger partial charge in [-0.3, -0.25) is 9.89 Å². The molecule has 170 valence electrons. The summed E-state index contributed by atoms with van der Waals surface area (Å²) >= 11 is 0. The number of H-pyrrole nitrogens is 2. The molecule has 0 radical (unpaired) electrons. The summed E-state index contributed by atoms with van der Waals surface area (Å²) in [4.78, 5) is 23.3. The van der Waals surface area contributed by atoms with E-state index in [0.717, 1.165) is 73.2 Å². The van der Waals surface area contributed by atoms with Crippen molar-refractivity contribution in [2.45, 2.75) is 31.3 Å². The lowest BCUT2D eigenvalue weighted by molar-refractivity contribution is 0.0938. The highest BCUT2D eigenvalue weighted by atomic mass is 16.5. The zero-order chi connectivity index (χ0) is 22.4. The number of carbonyl (C=O) groups excluding carboxylic acids is 1. The van der Waals surface area contributed by atoms with Gasteiger partial charge in [0.2, 0.25) is 0 Å². The quantitative estimate of drug-likeness (QED) is 0.383. The molecule has 2 aromatic heterocycles. The fraction of sp³-hybridized carbons (Fsp3) is 0.375. The van der Waals surface area contributed by atoms with E-state index in [1.807, 2.05) is 24.3 Å². The van der Waals surface area contributed by atoms with Crippen molar-refractivity contribution in [3.63, 3.8) is 0 Å². The van der Waals surface area contributed by atoms with Gasteiger partial charge < -0.3 is 25.7 Å². The van der Waals surface area contributed by atoms with Gasteiger partial charge in [0.15, 0.2) is 5.82 Å². The van der Waals surface area contributed by atoms with Crippen molar-refractivity contribution in [2.75, 3.05) is 31.2 Å². The first-order valence-corrected chi connectivity index (χ1v) is 11.5. The number of morpholine rings is 1. The molecule has 2 aromatic carbocycles. The molecule has 1 aliphatic carbocycles. The van der Waals surface area contributed by atoms with E-state index in [1.54, 1.807) is 0 Å². The van der Waals surface area contributed by atoms with E-state index in [2.05, 4.69) is 37.5 Å². The summed E-state index contributed by atoms with van der Waals surface area (Å²) in [6, 6.07) is 12.2. The van der Waals surface area contributed by atoms with Crippen LogP contribution in [0.15, 0.2) is 36.4 Å². The van der Waals surface area contributed by atoms with Crippen LogP contribution in [0.5, 0.6) is 0 Å².